The van der Waals surface area contributed by atoms with Gasteiger partial charge in [-0.05, 0) is 30.2 Å². The summed E-state index contributed by atoms with van der Waals surface area (Å²) in [5.74, 6) is -0.722. The smallest absolute Gasteiger partial charge is 0.282 e. The van der Waals surface area contributed by atoms with Crippen molar-refractivity contribution in [1.29, 1.82) is 0 Å². The number of halogens is 1. The Morgan fingerprint density at radius 2 is 1.26 bits per heavy atom. The minimum Gasteiger partial charge on any atom is -0.345 e. The highest BCUT2D eigenvalue weighted by atomic mass is 79.9. The number of amides is 2. The van der Waals surface area contributed by atoms with Crippen LogP contribution < -0.4 is 0 Å². The van der Waals surface area contributed by atoms with E-state index in [1.807, 2.05) is 0 Å². The quantitative estimate of drug-likeness (QED) is 0.353. The molecule has 0 atom stereocenters. The molecule has 0 radical (unpaired) electrons. The monoisotopic (exact) mass is 494 g/mol. The van der Waals surface area contributed by atoms with Crippen molar-refractivity contribution in [3.05, 3.63) is 78.9 Å². The van der Waals surface area contributed by atoms with Gasteiger partial charge in [0, 0.05) is 45.7 Å². The van der Waals surface area contributed by atoms with Crippen molar-refractivity contribution >= 4 is 39.1 Å². The summed E-state index contributed by atoms with van der Waals surface area (Å²) in [5, 5.41) is 22.0. The molecule has 31 heavy (non-hydrogen) atoms. The van der Waals surface area contributed by atoms with Crippen molar-refractivity contribution < 1.29 is 19.4 Å². The van der Waals surface area contributed by atoms with Crippen LogP contribution in [0.15, 0.2) is 36.4 Å². The zero-order chi connectivity index (χ0) is 23.9. The molecule has 10 nitrogen and oxygen atoms in total. The molecule has 2 aromatic rings. The van der Waals surface area contributed by atoms with Gasteiger partial charge in [-0.25, -0.2) is 0 Å². The van der Waals surface area contributed by atoms with Gasteiger partial charge in [0.15, 0.2) is 0 Å². The first kappa shape index (κ1) is 25.7. The summed E-state index contributed by atoms with van der Waals surface area (Å²) in [6, 6.07) is 9.01. The van der Waals surface area contributed by atoms with Crippen LogP contribution in [0.25, 0.3) is 0 Å². The van der Waals surface area contributed by atoms with E-state index < -0.39 is 9.85 Å². The molecule has 0 heterocycles. The molecule has 0 aliphatic heterocycles. The average Bonchev–Trinajstić information content (AvgIpc) is 2.71. The molecule has 0 unspecified atom stereocenters. The summed E-state index contributed by atoms with van der Waals surface area (Å²) < 4.78 is 0. The number of nitro groups is 2. The van der Waals surface area contributed by atoms with Gasteiger partial charge in [-0.2, -0.15) is 0 Å². The Kier molecular flexibility index (Phi) is 9.25. The van der Waals surface area contributed by atoms with Crippen LogP contribution in [0.2, 0.25) is 0 Å². The Labute approximate surface area is 187 Å². The van der Waals surface area contributed by atoms with Crippen LogP contribution in [-0.4, -0.2) is 59.7 Å². The maximum atomic E-state index is 11.7. The third kappa shape index (κ3) is 6.85. The second kappa shape index (κ2) is 11.2. The van der Waals surface area contributed by atoms with E-state index in [2.05, 4.69) is 15.9 Å². The summed E-state index contributed by atoms with van der Waals surface area (Å²) >= 11 is 3.24. The topological polar surface area (TPSA) is 127 Å². The zero-order valence-electron chi connectivity index (χ0n) is 17.8. The van der Waals surface area contributed by atoms with Crippen LogP contribution in [0.4, 0.5) is 11.4 Å². The highest BCUT2D eigenvalue weighted by Crippen LogP contribution is 2.22. The molecule has 0 spiro atoms. The van der Waals surface area contributed by atoms with E-state index in [-0.39, 0.29) is 34.3 Å². The van der Waals surface area contributed by atoms with Gasteiger partial charge >= 0.3 is 0 Å². The van der Waals surface area contributed by atoms with Gasteiger partial charge in [-0.15, -0.1) is 0 Å². The Bertz CT molecular complexity index is 1010. The zero-order valence-corrected chi connectivity index (χ0v) is 19.4. The average molecular weight is 495 g/mol. The van der Waals surface area contributed by atoms with Crippen LogP contribution >= 0.6 is 15.9 Å². The number of aryl methyl sites for hydroxylation is 1. The first-order valence-corrected chi connectivity index (χ1v) is 10.0. The lowest BCUT2D eigenvalue weighted by Gasteiger charge is -2.11. The number of nitrogens with zero attached hydrogens (tertiary/aromatic N) is 4. The van der Waals surface area contributed by atoms with Crippen LogP contribution in [0, 0.1) is 27.2 Å². The Hall–Kier alpha value is -3.34. The molecule has 0 bridgehead atoms. The van der Waals surface area contributed by atoms with Gasteiger partial charge in [0.05, 0.1) is 9.85 Å². The van der Waals surface area contributed by atoms with E-state index in [4.69, 9.17) is 0 Å². The molecule has 2 amide bonds. The van der Waals surface area contributed by atoms with Gasteiger partial charge < -0.3 is 9.80 Å². The molecular formula is C20H23BrN4O6. The molecule has 0 N–H and O–H groups in total. The minimum absolute atomic E-state index is 0.118. The number of rotatable bonds is 5. The van der Waals surface area contributed by atoms with Crippen molar-refractivity contribution in [2.75, 3.05) is 28.2 Å². The fraction of sp³-hybridized carbons (Fsp3) is 0.300. The predicted molar refractivity (Wildman–Crippen MR) is 120 cm³/mol. The lowest BCUT2D eigenvalue weighted by Crippen LogP contribution is -2.22. The van der Waals surface area contributed by atoms with E-state index in [0.717, 1.165) is 11.1 Å². The normalized spacial score (nSPS) is 9.87. The summed E-state index contributed by atoms with van der Waals surface area (Å²) in [4.78, 5) is 46.4. The summed E-state index contributed by atoms with van der Waals surface area (Å²) in [7, 11) is 6.25. The van der Waals surface area contributed by atoms with E-state index in [1.165, 1.54) is 34.1 Å². The van der Waals surface area contributed by atoms with E-state index >= 15 is 0 Å². The summed E-state index contributed by atoms with van der Waals surface area (Å²) in [6.45, 7) is 1.79. The molecule has 166 valence electrons. The van der Waals surface area contributed by atoms with Gasteiger partial charge in [0.1, 0.15) is 11.1 Å². The summed E-state index contributed by atoms with van der Waals surface area (Å²) in [5.41, 5.74) is 1.58. The Morgan fingerprint density at radius 3 is 1.65 bits per heavy atom. The number of carbonyl (C=O) groups is 2. The minimum atomic E-state index is -0.547. The maximum absolute atomic E-state index is 11.7. The number of hydrogen-bond acceptors (Lipinski definition) is 6. The van der Waals surface area contributed by atoms with E-state index in [1.54, 1.807) is 47.2 Å². The molecule has 0 aliphatic rings. The van der Waals surface area contributed by atoms with Gasteiger partial charge in [0.2, 0.25) is 0 Å². The van der Waals surface area contributed by atoms with Gasteiger partial charge in [-0.1, -0.05) is 28.1 Å². The fourth-order valence-corrected chi connectivity index (χ4v) is 2.81. The number of alkyl halides is 1. The molecule has 11 heteroatoms. The third-order valence-corrected chi connectivity index (χ3v) is 4.68. The lowest BCUT2D eigenvalue weighted by molar-refractivity contribution is -0.385. The fourth-order valence-electron chi connectivity index (χ4n) is 2.46. The Balaban J connectivity index is 0.000000311. The molecule has 0 fully saturated rings. The van der Waals surface area contributed by atoms with Crippen LogP contribution in [0.1, 0.15) is 31.8 Å². The molecule has 2 rings (SSSR count). The molecular weight excluding hydrogens is 472 g/mol. The lowest BCUT2D eigenvalue weighted by atomic mass is 10.1. The number of benzene rings is 2. The SMILES string of the molecule is CN(C)C(=O)c1cc(CBr)ccc1[N+](=O)[O-].Cc1ccc([N+](=O)[O-])c(C(=O)N(C)C)c1. The second-order valence-electron chi connectivity index (χ2n) is 6.92. The maximum Gasteiger partial charge on any atom is 0.282 e. The van der Waals surface area contributed by atoms with Crippen LogP contribution in [0.5, 0.6) is 0 Å². The van der Waals surface area contributed by atoms with Crippen molar-refractivity contribution in [3.63, 3.8) is 0 Å². The largest absolute Gasteiger partial charge is 0.345 e. The first-order valence-electron chi connectivity index (χ1n) is 8.92. The molecule has 0 saturated heterocycles. The standard InChI is InChI=1S/C10H11BrN2O3.C10H12N2O3/c1-12(2)10(14)8-5-7(6-11)3-4-9(8)13(15)16;1-7-4-5-9(12(14)15)8(6-7)10(13)11(2)3/h3-5H,6H2,1-2H3;4-6H,1-3H3. The third-order valence-electron chi connectivity index (χ3n) is 4.03. The van der Waals surface area contributed by atoms with Gasteiger partial charge in [-0.3, -0.25) is 29.8 Å². The Morgan fingerprint density at radius 1 is 0.839 bits per heavy atom. The van der Waals surface area contributed by atoms with Crippen LogP contribution in [0.3, 0.4) is 0 Å². The first-order chi connectivity index (χ1) is 14.4. The van der Waals surface area contributed by atoms with Gasteiger partial charge in [0.25, 0.3) is 23.2 Å². The number of carbonyl (C=O) groups excluding carboxylic acids is 2. The predicted octanol–water partition coefficient (Wildman–Crippen LogP) is 3.80. The number of hydrogen-bond donors (Lipinski definition) is 0. The van der Waals surface area contributed by atoms with Crippen LogP contribution in [-0.2, 0) is 5.33 Å². The van der Waals surface area contributed by atoms with Crippen molar-refractivity contribution in [3.8, 4) is 0 Å². The van der Waals surface area contributed by atoms with Crippen molar-refractivity contribution in [2.45, 2.75) is 12.3 Å². The number of nitro benzene ring substituents is 2. The molecule has 0 aromatic heterocycles. The summed E-state index contributed by atoms with van der Waals surface area (Å²) in [6.07, 6.45) is 0. The molecule has 2 aromatic carbocycles. The molecule has 0 saturated carbocycles. The van der Waals surface area contributed by atoms with E-state index in [9.17, 15) is 29.8 Å². The molecule has 0 aliphatic carbocycles. The highest BCUT2D eigenvalue weighted by Gasteiger charge is 2.22. The van der Waals surface area contributed by atoms with E-state index in [0.29, 0.717) is 5.33 Å². The van der Waals surface area contributed by atoms with Crippen molar-refractivity contribution in [2.24, 2.45) is 0 Å². The van der Waals surface area contributed by atoms with Crippen molar-refractivity contribution in [1.82, 2.24) is 9.80 Å². The second-order valence-corrected chi connectivity index (χ2v) is 7.48. The highest BCUT2D eigenvalue weighted by molar-refractivity contribution is 9.08.